The third-order valence-electron chi connectivity index (χ3n) is 2.15. The van der Waals surface area contributed by atoms with Gasteiger partial charge in [0, 0.05) is 7.05 Å². The van der Waals surface area contributed by atoms with Crippen LogP contribution in [-0.4, -0.2) is 32.9 Å². The van der Waals surface area contributed by atoms with Gasteiger partial charge in [-0.15, -0.1) is 11.3 Å². The van der Waals surface area contributed by atoms with Crippen molar-refractivity contribution in [3.05, 3.63) is 32.4 Å². The fourth-order valence-corrected chi connectivity index (χ4v) is 2.11. The zero-order valence-electron chi connectivity index (χ0n) is 9.28. The number of ether oxygens (including phenoxy) is 1. The molecule has 17 heavy (non-hydrogen) atoms. The van der Waals surface area contributed by atoms with Gasteiger partial charge in [-0.05, 0) is 27.4 Å². The predicted molar refractivity (Wildman–Crippen MR) is 60.0 cm³/mol. The molecule has 0 unspecified atom stereocenters. The Morgan fingerprint density at radius 1 is 1.53 bits per heavy atom. The highest BCUT2D eigenvalue weighted by Gasteiger charge is 2.10. The first-order valence-corrected chi connectivity index (χ1v) is 5.62. The molecule has 2 aromatic rings. The van der Waals surface area contributed by atoms with Crippen LogP contribution in [0.1, 0.15) is 15.2 Å². The molecule has 0 aromatic carbocycles. The largest absolute Gasteiger partial charge is 0.465 e. The summed E-state index contributed by atoms with van der Waals surface area (Å²) in [6, 6.07) is 1.68. The van der Waals surface area contributed by atoms with Gasteiger partial charge in [-0.25, -0.2) is 9.59 Å². The minimum Gasteiger partial charge on any atom is -0.465 e. The van der Waals surface area contributed by atoms with Crippen molar-refractivity contribution in [2.45, 2.75) is 6.54 Å². The molecule has 0 aliphatic heterocycles. The maximum atomic E-state index is 11.5. The molecular weight excluding hydrogens is 244 g/mol. The van der Waals surface area contributed by atoms with Gasteiger partial charge < -0.3 is 4.74 Å². The normalized spacial score (nSPS) is 10.5. The third-order valence-corrected chi connectivity index (χ3v) is 3.11. The molecule has 0 N–H and O–H groups in total. The van der Waals surface area contributed by atoms with Crippen LogP contribution in [0.25, 0.3) is 0 Å². The summed E-state index contributed by atoms with van der Waals surface area (Å²) in [5, 5.41) is 9.07. The van der Waals surface area contributed by atoms with Gasteiger partial charge in [0.05, 0.1) is 13.7 Å². The van der Waals surface area contributed by atoms with Crippen LogP contribution in [-0.2, 0) is 18.3 Å². The van der Waals surface area contributed by atoms with Crippen molar-refractivity contribution in [2.75, 3.05) is 7.11 Å². The number of aromatic nitrogens is 4. The minimum atomic E-state index is -0.382. The van der Waals surface area contributed by atoms with E-state index in [-0.39, 0.29) is 11.7 Å². The second kappa shape index (κ2) is 4.50. The van der Waals surface area contributed by atoms with E-state index in [1.807, 2.05) is 0 Å². The molecular formula is C9H10N4O3S. The average molecular weight is 254 g/mol. The van der Waals surface area contributed by atoms with Gasteiger partial charge in [-0.1, -0.05) is 0 Å². The van der Waals surface area contributed by atoms with E-state index in [1.165, 1.54) is 30.2 Å². The lowest BCUT2D eigenvalue weighted by atomic mass is 10.3. The lowest BCUT2D eigenvalue weighted by Gasteiger charge is -1.94. The summed E-state index contributed by atoms with van der Waals surface area (Å²) >= 11 is 1.27. The number of methoxy groups -OCH3 is 1. The number of carbonyl (C=O) groups excluding carboxylic acids is 1. The molecule has 0 radical (unpaired) electrons. The lowest BCUT2D eigenvalue weighted by molar-refractivity contribution is 0.0606. The number of carbonyl (C=O) groups is 1. The standard InChI is InChI=1S/C9H10N4O3S/c1-12-9(15)13(11-10-12)4-6-3-7(17-5-6)8(14)16-2/h3,5H,4H2,1-2H3. The molecule has 0 fully saturated rings. The molecule has 8 heteroatoms. The Kier molecular flexibility index (Phi) is 3.05. The maximum absolute atomic E-state index is 11.5. The fraction of sp³-hybridized carbons (Fsp3) is 0.333. The maximum Gasteiger partial charge on any atom is 0.363 e. The summed E-state index contributed by atoms with van der Waals surface area (Å²) in [6.45, 7) is 0.292. The molecule has 2 aromatic heterocycles. The summed E-state index contributed by atoms with van der Waals surface area (Å²) in [4.78, 5) is 23.2. The van der Waals surface area contributed by atoms with E-state index in [2.05, 4.69) is 15.2 Å². The SMILES string of the molecule is COC(=O)c1cc(Cn2nnn(C)c2=O)cs1. The summed E-state index contributed by atoms with van der Waals surface area (Å²) in [7, 11) is 2.86. The third kappa shape index (κ3) is 2.26. The highest BCUT2D eigenvalue weighted by Crippen LogP contribution is 2.15. The molecule has 90 valence electrons. The van der Waals surface area contributed by atoms with Gasteiger partial charge in [0.25, 0.3) is 0 Å². The number of aryl methyl sites for hydroxylation is 1. The van der Waals surface area contributed by atoms with Crippen LogP contribution in [0.5, 0.6) is 0 Å². The van der Waals surface area contributed by atoms with Gasteiger partial charge in [-0.3, -0.25) is 0 Å². The number of esters is 1. The zero-order chi connectivity index (χ0) is 12.4. The van der Waals surface area contributed by atoms with Crippen LogP contribution in [0.3, 0.4) is 0 Å². The monoisotopic (exact) mass is 254 g/mol. The molecule has 0 aliphatic rings. The molecule has 0 bridgehead atoms. The van der Waals surface area contributed by atoms with Gasteiger partial charge >= 0.3 is 11.7 Å². The Labute approximate surface area is 100 Å². The Hall–Kier alpha value is -1.96. The smallest absolute Gasteiger partial charge is 0.363 e. The molecule has 0 spiro atoms. The zero-order valence-corrected chi connectivity index (χ0v) is 10.1. The Morgan fingerprint density at radius 3 is 2.88 bits per heavy atom. The summed E-state index contributed by atoms with van der Waals surface area (Å²) in [6.07, 6.45) is 0. The highest BCUT2D eigenvalue weighted by molar-refractivity contribution is 7.12. The quantitative estimate of drug-likeness (QED) is 0.713. The van der Waals surface area contributed by atoms with E-state index in [0.717, 1.165) is 10.2 Å². The van der Waals surface area contributed by atoms with Crippen molar-refractivity contribution in [1.82, 2.24) is 19.8 Å². The van der Waals surface area contributed by atoms with Gasteiger partial charge in [0.1, 0.15) is 4.88 Å². The molecule has 0 amide bonds. The van der Waals surface area contributed by atoms with Crippen molar-refractivity contribution < 1.29 is 9.53 Å². The van der Waals surface area contributed by atoms with Crippen LogP contribution in [0.4, 0.5) is 0 Å². The molecule has 2 heterocycles. The van der Waals surface area contributed by atoms with E-state index in [4.69, 9.17) is 0 Å². The first-order valence-electron chi connectivity index (χ1n) is 4.74. The van der Waals surface area contributed by atoms with Crippen molar-refractivity contribution in [3.8, 4) is 0 Å². The molecule has 7 nitrogen and oxygen atoms in total. The molecule has 2 rings (SSSR count). The van der Waals surface area contributed by atoms with Crippen molar-refractivity contribution in [2.24, 2.45) is 7.05 Å². The van der Waals surface area contributed by atoms with Gasteiger partial charge in [0.2, 0.25) is 0 Å². The van der Waals surface area contributed by atoms with E-state index in [0.29, 0.717) is 11.4 Å². The molecule has 0 saturated heterocycles. The minimum absolute atomic E-state index is 0.292. The van der Waals surface area contributed by atoms with Crippen molar-refractivity contribution in [1.29, 1.82) is 0 Å². The highest BCUT2D eigenvalue weighted by atomic mass is 32.1. The summed E-state index contributed by atoms with van der Waals surface area (Å²) in [5.41, 5.74) is 0.522. The Bertz CT molecular complexity index is 597. The molecule has 0 aliphatic carbocycles. The van der Waals surface area contributed by atoms with Crippen LogP contribution in [0.2, 0.25) is 0 Å². The molecule has 0 saturated carbocycles. The number of nitrogens with zero attached hydrogens (tertiary/aromatic N) is 4. The second-order valence-corrected chi connectivity index (χ2v) is 4.26. The van der Waals surface area contributed by atoms with Gasteiger partial charge in [-0.2, -0.15) is 9.36 Å². The summed E-state index contributed by atoms with van der Waals surface area (Å²) in [5.74, 6) is -0.382. The van der Waals surface area contributed by atoms with Crippen LogP contribution < -0.4 is 5.69 Å². The van der Waals surface area contributed by atoms with Crippen LogP contribution in [0, 0.1) is 0 Å². The second-order valence-electron chi connectivity index (χ2n) is 3.35. The van der Waals surface area contributed by atoms with E-state index >= 15 is 0 Å². The molecule has 0 atom stereocenters. The van der Waals surface area contributed by atoms with E-state index in [1.54, 1.807) is 11.4 Å². The number of thiophene rings is 1. The predicted octanol–water partition coefficient (Wildman–Crippen LogP) is -0.127. The number of tetrazole rings is 1. The first kappa shape index (κ1) is 11.5. The first-order chi connectivity index (χ1) is 8.11. The topological polar surface area (TPSA) is 79.0 Å². The Morgan fingerprint density at radius 2 is 2.29 bits per heavy atom. The van der Waals surface area contributed by atoms with Crippen LogP contribution >= 0.6 is 11.3 Å². The van der Waals surface area contributed by atoms with Crippen LogP contribution in [0.15, 0.2) is 16.2 Å². The van der Waals surface area contributed by atoms with Gasteiger partial charge in [0.15, 0.2) is 0 Å². The fourth-order valence-electron chi connectivity index (χ4n) is 1.29. The Balaban J connectivity index is 2.20. The average Bonchev–Trinajstić information content (AvgIpc) is 2.91. The number of hydrogen-bond acceptors (Lipinski definition) is 6. The lowest BCUT2D eigenvalue weighted by Crippen LogP contribution is -2.23. The van der Waals surface area contributed by atoms with Crippen molar-refractivity contribution in [3.63, 3.8) is 0 Å². The van der Waals surface area contributed by atoms with E-state index < -0.39 is 0 Å². The number of rotatable bonds is 3. The van der Waals surface area contributed by atoms with Crippen molar-refractivity contribution >= 4 is 17.3 Å². The van der Waals surface area contributed by atoms with E-state index in [9.17, 15) is 9.59 Å². The summed E-state index contributed by atoms with van der Waals surface area (Å²) < 4.78 is 6.97. The number of hydrogen-bond donors (Lipinski definition) is 0.